The first-order valence-electron chi connectivity index (χ1n) is 12.0. The van der Waals surface area contributed by atoms with E-state index in [1.54, 1.807) is 24.4 Å². The maximum atomic E-state index is 14.4. The Labute approximate surface area is 217 Å². The predicted octanol–water partition coefficient (Wildman–Crippen LogP) is 6.83. The van der Waals surface area contributed by atoms with Gasteiger partial charge in [-0.2, -0.15) is 9.78 Å². The van der Waals surface area contributed by atoms with Crippen molar-refractivity contribution >= 4 is 44.0 Å². The second-order valence-electron chi connectivity index (χ2n) is 8.85. The molecule has 0 atom stereocenters. The van der Waals surface area contributed by atoms with Gasteiger partial charge >= 0.3 is 0 Å². The first kappa shape index (κ1) is 24.1. The number of nitrogens with zero attached hydrogens (tertiary/aromatic N) is 4. The smallest absolute Gasteiger partial charge is 0.282 e. The van der Waals surface area contributed by atoms with Crippen LogP contribution in [0, 0.1) is 12.7 Å². The fraction of sp³-hybridized carbons (Fsp3) is 0.207. The molecular formula is C29H26BrFN4O. The summed E-state index contributed by atoms with van der Waals surface area (Å²) in [6, 6.07) is 20.3. The summed E-state index contributed by atoms with van der Waals surface area (Å²) in [5, 5.41) is 6.18. The van der Waals surface area contributed by atoms with Gasteiger partial charge in [0.05, 0.1) is 23.7 Å². The molecule has 0 aliphatic rings. The maximum absolute atomic E-state index is 14.4. The van der Waals surface area contributed by atoms with Crippen molar-refractivity contribution in [2.24, 2.45) is 5.10 Å². The number of hydrogen-bond acceptors (Lipinski definition) is 3. The number of fused-ring (bicyclic) bond motifs is 2. The Bertz CT molecular complexity index is 1670. The van der Waals surface area contributed by atoms with Crippen LogP contribution < -0.4 is 5.56 Å². The van der Waals surface area contributed by atoms with Gasteiger partial charge in [0.1, 0.15) is 11.6 Å². The molecule has 0 saturated carbocycles. The van der Waals surface area contributed by atoms with Crippen LogP contribution in [0.2, 0.25) is 0 Å². The van der Waals surface area contributed by atoms with Gasteiger partial charge in [0, 0.05) is 38.6 Å². The van der Waals surface area contributed by atoms with E-state index in [0.717, 1.165) is 39.5 Å². The molecule has 0 N–H and O–H groups in total. The number of benzene rings is 3. The molecule has 0 unspecified atom stereocenters. The number of aryl methyl sites for hydroxylation is 1. The third-order valence-electron chi connectivity index (χ3n) is 6.50. The van der Waals surface area contributed by atoms with Crippen molar-refractivity contribution in [2.75, 3.05) is 0 Å². The summed E-state index contributed by atoms with van der Waals surface area (Å²) in [7, 11) is 0. The molecule has 0 saturated heterocycles. The first-order valence-corrected chi connectivity index (χ1v) is 12.8. The van der Waals surface area contributed by atoms with E-state index in [9.17, 15) is 9.18 Å². The lowest BCUT2D eigenvalue weighted by Crippen LogP contribution is -2.22. The van der Waals surface area contributed by atoms with Gasteiger partial charge < -0.3 is 4.57 Å². The summed E-state index contributed by atoms with van der Waals surface area (Å²) < 4.78 is 18.8. The lowest BCUT2D eigenvalue weighted by atomic mass is 10.1. The Balaban J connectivity index is 1.65. The molecule has 0 radical (unpaired) electrons. The van der Waals surface area contributed by atoms with E-state index < -0.39 is 0 Å². The summed E-state index contributed by atoms with van der Waals surface area (Å²) in [4.78, 5) is 18.2. The van der Waals surface area contributed by atoms with E-state index in [0.29, 0.717) is 35.3 Å². The number of rotatable bonds is 7. The quantitative estimate of drug-likeness (QED) is 0.211. The van der Waals surface area contributed by atoms with Crippen LogP contribution in [0.5, 0.6) is 0 Å². The Morgan fingerprint density at radius 1 is 1.06 bits per heavy atom. The molecule has 182 valence electrons. The number of para-hydroxylation sites is 1. The van der Waals surface area contributed by atoms with Crippen molar-refractivity contribution < 1.29 is 4.39 Å². The molecule has 36 heavy (non-hydrogen) atoms. The van der Waals surface area contributed by atoms with Crippen LogP contribution in [0.1, 0.15) is 42.4 Å². The Morgan fingerprint density at radius 2 is 1.83 bits per heavy atom. The highest BCUT2D eigenvalue weighted by atomic mass is 79.9. The molecule has 5 nitrogen and oxygen atoms in total. The zero-order chi connectivity index (χ0) is 25.2. The van der Waals surface area contributed by atoms with E-state index in [1.165, 1.54) is 10.7 Å². The van der Waals surface area contributed by atoms with E-state index in [-0.39, 0.29) is 11.4 Å². The monoisotopic (exact) mass is 544 g/mol. The van der Waals surface area contributed by atoms with Gasteiger partial charge in [-0.25, -0.2) is 9.37 Å². The number of unbranched alkanes of at least 4 members (excludes halogenated alkanes) is 1. The summed E-state index contributed by atoms with van der Waals surface area (Å²) >= 11 is 3.46. The van der Waals surface area contributed by atoms with Crippen LogP contribution in [0.3, 0.4) is 0 Å². The Kier molecular flexibility index (Phi) is 6.83. The minimum absolute atomic E-state index is 0.198. The van der Waals surface area contributed by atoms with E-state index in [2.05, 4.69) is 32.5 Å². The van der Waals surface area contributed by atoms with Gasteiger partial charge in [0.25, 0.3) is 5.56 Å². The van der Waals surface area contributed by atoms with Crippen LogP contribution in [-0.2, 0) is 13.0 Å². The lowest BCUT2D eigenvalue weighted by molar-refractivity contribution is 0.600. The van der Waals surface area contributed by atoms with Crippen molar-refractivity contribution in [2.45, 2.75) is 39.7 Å². The number of aromatic nitrogens is 3. The molecule has 7 heteroatoms. The molecular weight excluding hydrogens is 519 g/mol. The third kappa shape index (κ3) is 4.51. The fourth-order valence-corrected chi connectivity index (χ4v) is 4.91. The van der Waals surface area contributed by atoms with Crippen LogP contribution >= 0.6 is 15.9 Å². The fourth-order valence-electron chi connectivity index (χ4n) is 4.55. The van der Waals surface area contributed by atoms with Crippen LogP contribution in [0.4, 0.5) is 4.39 Å². The lowest BCUT2D eigenvalue weighted by Gasteiger charge is -2.10. The number of hydrogen-bond donors (Lipinski definition) is 0. The average Bonchev–Trinajstić information content (AvgIpc) is 3.14. The van der Waals surface area contributed by atoms with Gasteiger partial charge in [-0.15, -0.1) is 0 Å². The van der Waals surface area contributed by atoms with Gasteiger partial charge in [-0.1, -0.05) is 65.7 Å². The molecule has 5 rings (SSSR count). The van der Waals surface area contributed by atoms with E-state index in [4.69, 9.17) is 4.98 Å². The summed E-state index contributed by atoms with van der Waals surface area (Å²) in [6.07, 6.45) is 4.28. The van der Waals surface area contributed by atoms with Crippen molar-refractivity contribution in [1.82, 2.24) is 14.2 Å². The Hall–Kier alpha value is -3.58. The molecule has 0 amide bonds. The second kappa shape index (κ2) is 10.2. The molecule has 0 aliphatic heterocycles. The third-order valence-corrected chi connectivity index (χ3v) is 6.99. The van der Waals surface area contributed by atoms with Gasteiger partial charge in [-0.05, 0) is 43.7 Å². The topological polar surface area (TPSA) is 52.2 Å². The first-order chi connectivity index (χ1) is 17.5. The molecule has 0 fully saturated rings. The average molecular weight is 545 g/mol. The second-order valence-corrected chi connectivity index (χ2v) is 9.76. The summed E-state index contributed by atoms with van der Waals surface area (Å²) in [5.41, 5.74) is 3.91. The van der Waals surface area contributed by atoms with Crippen molar-refractivity contribution in [3.8, 4) is 0 Å². The minimum atomic E-state index is -0.231. The standard InChI is InChI=1S/C29H26BrFN4O/c1-3-4-13-28-33-26-15-14-21(30)16-23(26)29(36)35(28)32-17-24-19(2)34(27-12-8-6-10-22(24)27)18-20-9-5-7-11-25(20)31/h5-12,14-17H,3-4,13,18H2,1-2H3. The largest absolute Gasteiger partial charge is 0.340 e. The predicted molar refractivity (Wildman–Crippen MR) is 147 cm³/mol. The molecule has 0 bridgehead atoms. The van der Waals surface area contributed by atoms with E-state index in [1.807, 2.05) is 49.4 Å². The number of halogens is 2. The maximum Gasteiger partial charge on any atom is 0.282 e. The highest BCUT2D eigenvalue weighted by Crippen LogP contribution is 2.26. The van der Waals surface area contributed by atoms with Crippen LogP contribution in [0.15, 0.2) is 81.1 Å². The minimum Gasteiger partial charge on any atom is -0.340 e. The summed E-state index contributed by atoms with van der Waals surface area (Å²) in [5.74, 6) is 0.408. The van der Waals surface area contributed by atoms with Gasteiger partial charge in [0.15, 0.2) is 0 Å². The van der Waals surface area contributed by atoms with Crippen molar-refractivity contribution in [3.05, 3.63) is 110 Å². The normalized spacial score (nSPS) is 11.8. The van der Waals surface area contributed by atoms with Crippen LogP contribution in [-0.4, -0.2) is 20.4 Å². The summed E-state index contributed by atoms with van der Waals surface area (Å²) in [6.45, 7) is 4.51. The highest BCUT2D eigenvalue weighted by molar-refractivity contribution is 9.10. The molecule has 0 aliphatic carbocycles. The molecule has 2 heterocycles. The zero-order valence-corrected chi connectivity index (χ0v) is 21.8. The highest BCUT2D eigenvalue weighted by Gasteiger charge is 2.15. The Morgan fingerprint density at radius 3 is 2.64 bits per heavy atom. The van der Waals surface area contributed by atoms with Crippen molar-refractivity contribution in [1.29, 1.82) is 0 Å². The molecule has 5 aromatic rings. The SMILES string of the molecule is CCCCc1nc2ccc(Br)cc2c(=O)n1N=Cc1c(C)n(Cc2ccccc2F)c2ccccc12. The van der Waals surface area contributed by atoms with Gasteiger partial charge in [0.2, 0.25) is 0 Å². The molecule has 0 spiro atoms. The molecule has 3 aromatic carbocycles. The zero-order valence-electron chi connectivity index (χ0n) is 20.2. The van der Waals surface area contributed by atoms with Gasteiger partial charge in [-0.3, -0.25) is 4.79 Å². The van der Waals surface area contributed by atoms with Crippen LogP contribution in [0.25, 0.3) is 21.8 Å². The van der Waals surface area contributed by atoms with E-state index >= 15 is 0 Å². The molecule has 2 aromatic heterocycles. The van der Waals surface area contributed by atoms with Crippen molar-refractivity contribution in [3.63, 3.8) is 0 Å².